The van der Waals surface area contributed by atoms with Gasteiger partial charge in [-0.3, -0.25) is 0 Å². The molecule has 1 atom stereocenters. The monoisotopic (exact) mass is 530 g/mol. The van der Waals surface area contributed by atoms with E-state index in [9.17, 15) is 10.1 Å². The quantitative estimate of drug-likeness (QED) is 0.195. The van der Waals surface area contributed by atoms with Crippen molar-refractivity contribution in [2.24, 2.45) is 5.73 Å². The highest BCUT2D eigenvalue weighted by Crippen LogP contribution is 2.45. The van der Waals surface area contributed by atoms with Crippen molar-refractivity contribution in [2.75, 3.05) is 13.2 Å². The maximum absolute atomic E-state index is 12.4. The molecule has 8 heteroatoms. The van der Waals surface area contributed by atoms with Crippen LogP contribution in [0, 0.1) is 11.3 Å². The van der Waals surface area contributed by atoms with Gasteiger partial charge in [0.25, 0.3) is 0 Å². The number of nitrogens with zero attached hydrogens (tertiary/aromatic N) is 1. The van der Waals surface area contributed by atoms with Crippen molar-refractivity contribution in [1.82, 2.24) is 0 Å². The molecule has 194 valence electrons. The normalized spacial score (nSPS) is 14.4. The zero-order chi connectivity index (χ0) is 27.1. The second-order valence-electron chi connectivity index (χ2n) is 8.39. The minimum atomic E-state index is -0.581. The minimum Gasteiger partial charge on any atom is -0.490 e. The summed E-state index contributed by atoms with van der Waals surface area (Å²) in [6.45, 7) is 4.94. The van der Waals surface area contributed by atoms with Crippen molar-refractivity contribution < 1.29 is 23.7 Å². The van der Waals surface area contributed by atoms with Crippen molar-refractivity contribution in [3.8, 4) is 29.1 Å². The SMILES string of the molecule is CCCOc1ccc(C2C(C#N)=C(N)Oc3cc(OC(=O)/C=C/c4ccccc4Cl)ccc32)cc1OCC. The van der Waals surface area contributed by atoms with E-state index in [1.54, 1.807) is 36.4 Å². The van der Waals surface area contributed by atoms with E-state index in [1.807, 2.05) is 44.2 Å². The molecule has 0 radical (unpaired) electrons. The van der Waals surface area contributed by atoms with Crippen LogP contribution >= 0.6 is 11.6 Å². The average molecular weight is 531 g/mol. The number of carbonyl (C=O) groups is 1. The lowest BCUT2D eigenvalue weighted by molar-refractivity contribution is -0.128. The number of hydrogen-bond acceptors (Lipinski definition) is 7. The molecule has 0 aliphatic carbocycles. The number of rotatable bonds is 9. The van der Waals surface area contributed by atoms with E-state index in [2.05, 4.69) is 6.07 Å². The van der Waals surface area contributed by atoms with Crippen molar-refractivity contribution in [2.45, 2.75) is 26.2 Å². The molecular formula is C30H27ClN2O5. The Morgan fingerprint density at radius 2 is 1.92 bits per heavy atom. The predicted molar refractivity (Wildman–Crippen MR) is 145 cm³/mol. The molecule has 7 nitrogen and oxygen atoms in total. The van der Waals surface area contributed by atoms with Gasteiger partial charge in [-0.25, -0.2) is 4.79 Å². The molecule has 1 aliphatic rings. The lowest BCUT2D eigenvalue weighted by Crippen LogP contribution is -2.21. The summed E-state index contributed by atoms with van der Waals surface area (Å²) < 4.78 is 22.9. The molecule has 0 saturated heterocycles. The van der Waals surface area contributed by atoms with Gasteiger partial charge in [-0.2, -0.15) is 5.26 Å². The number of carbonyl (C=O) groups excluding carboxylic acids is 1. The largest absolute Gasteiger partial charge is 0.490 e. The maximum atomic E-state index is 12.4. The third kappa shape index (κ3) is 5.93. The van der Waals surface area contributed by atoms with Crippen LogP contribution in [0.25, 0.3) is 6.08 Å². The van der Waals surface area contributed by atoms with Crippen LogP contribution in [0.4, 0.5) is 0 Å². The van der Waals surface area contributed by atoms with Crippen LogP contribution in [0.5, 0.6) is 23.0 Å². The summed E-state index contributed by atoms with van der Waals surface area (Å²) in [4.78, 5) is 12.4. The van der Waals surface area contributed by atoms with E-state index in [0.29, 0.717) is 46.6 Å². The number of allylic oxidation sites excluding steroid dienone is 1. The topological polar surface area (TPSA) is 104 Å². The van der Waals surface area contributed by atoms with Crippen LogP contribution in [-0.2, 0) is 4.79 Å². The van der Waals surface area contributed by atoms with Gasteiger partial charge in [-0.05, 0) is 54.8 Å². The zero-order valence-electron chi connectivity index (χ0n) is 21.1. The van der Waals surface area contributed by atoms with Gasteiger partial charge in [0.15, 0.2) is 11.5 Å². The molecule has 3 aromatic carbocycles. The second-order valence-corrected chi connectivity index (χ2v) is 8.80. The smallest absolute Gasteiger partial charge is 0.336 e. The molecule has 1 unspecified atom stereocenters. The summed E-state index contributed by atoms with van der Waals surface area (Å²) in [5.74, 6) is 0.761. The summed E-state index contributed by atoms with van der Waals surface area (Å²) >= 11 is 6.13. The van der Waals surface area contributed by atoms with Crippen molar-refractivity contribution in [3.05, 3.63) is 99.9 Å². The number of benzene rings is 3. The Hall–Kier alpha value is -4.41. The molecule has 0 aromatic heterocycles. The van der Waals surface area contributed by atoms with Gasteiger partial charge in [0.05, 0.1) is 19.1 Å². The van der Waals surface area contributed by atoms with E-state index in [1.165, 1.54) is 6.08 Å². The first kappa shape index (κ1) is 26.6. The predicted octanol–water partition coefficient (Wildman–Crippen LogP) is 6.36. The molecule has 0 bridgehead atoms. The molecule has 3 aromatic rings. The fourth-order valence-corrected chi connectivity index (χ4v) is 4.26. The van der Waals surface area contributed by atoms with E-state index in [4.69, 9.17) is 36.3 Å². The maximum Gasteiger partial charge on any atom is 0.336 e. The van der Waals surface area contributed by atoms with E-state index in [0.717, 1.165) is 12.0 Å². The van der Waals surface area contributed by atoms with Gasteiger partial charge in [-0.1, -0.05) is 48.9 Å². The summed E-state index contributed by atoms with van der Waals surface area (Å²) in [5.41, 5.74) is 8.61. The Balaban J connectivity index is 1.63. The Morgan fingerprint density at radius 1 is 1.11 bits per heavy atom. The van der Waals surface area contributed by atoms with Gasteiger partial charge < -0.3 is 24.7 Å². The second kappa shape index (κ2) is 12.2. The van der Waals surface area contributed by atoms with Gasteiger partial charge in [-0.15, -0.1) is 0 Å². The minimum absolute atomic E-state index is 0.0173. The third-order valence-corrected chi connectivity index (χ3v) is 6.12. The number of ether oxygens (including phenoxy) is 4. The number of hydrogen-bond donors (Lipinski definition) is 1. The molecule has 38 heavy (non-hydrogen) atoms. The standard InChI is InChI=1S/C30H27ClN2O5/c1-3-15-36-25-13-9-20(16-27(25)35-4-2)29-22-12-11-21(17-26(22)38-30(33)23(29)18-32)37-28(34)14-10-19-7-5-6-8-24(19)31/h5-14,16-17,29H,3-4,15,33H2,1-2H3/b14-10+. The molecule has 0 amide bonds. The summed E-state index contributed by atoms with van der Waals surface area (Å²) in [6, 6.07) is 19.9. The molecule has 0 spiro atoms. The van der Waals surface area contributed by atoms with Crippen LogP contribution < -0.4 is 24.7 Å². The zero-order valence-corrected chi connectivity index (χ0v) is 21.8. The van der Waals surface area contributed by atoms with Crippen LogP contribution in [0.2, 0.25) is 5.02 Å². The molecule has 0 saturated carbocycles. The van der Waals surface area contributed by atoms with Crippen molar-refractivity contribution in [1.29, 1.82) is 5.26 Å². The third-order valence-electron chi connectivity index (χ3n) is 5.78. The fraction of sp³-hybridized carbons (Fsp3) is 0.200. The van der Waals surface area contributed by atoms with Crippen molar-refractivity contribution in [3.63, 3.8) is 0 Å². The average Bonchev–Trinajstić information content (AvgIpc) is 2.91. The summed E-state index contributed by atoms with van der Waals surface area (Å²) in [6.07, 6.45) is 3.74. The fourth-order valence-electron chi connectivity index (χ4n) is 4.06. The number of fused-ring (bicyclic) bond motifs is 1. The van der Waals surface area contributed by atoms with E-state index in [-0.39, 0.29) is 17.2 Å². The van der Waals surface area contributed by atoms with Crippen molar-refractivity contribution >= 4 is 23.6 Å². The highest BCUT2D eigenvalue weighted by molar-refractivity contribution is 6.32. The number of halogens is 1. The molecule has 2 N–H and O–H groups in total. The van der Waals surface area contributed by atoms with Gasteiger partial charge in [0, 0.05) is 22.7 Å². The van der Waals surface area contributed by atoms with Crippen LogP contribution in [-0.4, -0.2) is 19.2 Å². The highest BCUT2D eigenvalue weighted by Gasteiger charge is 2.31. The Morgan fingerprint density at radius 3 is 2.66 bits per heavy atom. The van der Waals surface area contributed by atoms with Gasteiger partial charge in [0.2, 0.25) is 5.88 Å². The number of esters is 1. The number of nitrogens with two attached hydrogens (primary N) is 1. The lowest BCUT2D eigenvalue weighted by atomic mass is 9.83. The first-order chi connectivity index (χ1) is 18.4. The van der Waals surface area contributed by atoms with Gasteiger partial charge >= 0.3 is 5.97 Å². The Bertz CT molecular complexity index is 1440. The first-order valence-electron chi connectivity index (χ1n) is 12.2. The van der Waals surface area contributed by atoms with Crippen LogP contribution in [0.3, 0.4) is 0 Å². The first-order valence-corrected chi connectivity index (χ1v) is 12.6. The van der Waals surface area contributed by atoms with E-state index < -0.39 is 11.9 Å². The van der Waals surface area contributed by atoms with Crippen LogP contribution in [0.1, 0.15) is 42.9 Å². The molecule has 1 heterocycles. The van der Waals surface area contributed by atoms with Crippen LogP contribution in [0.15, 0.2) is 78.2 Å². The molecule has 4 rings (SSSR count). The molecular weight excluding hydrogens is 504 g/mol. The molecule has 0 fully saturated rings. The number of nitriles is 1. The summed E-state index contributed by atoms with van der Waals surface area (Å²) in [7, 11) is 0. The van der Waals surface area contributed by atoms with Gasteiger partial charge in [0.1, 0.15) is 23.1 Å². The Kier molecular flexibility index (Phi) is 8.57. The van der Waals surface area contributed by atoms with E-state index >= 15 is 0 Å². The molecule has 1 aliphatic heterocycles. The highest BCUT2D eigenvalue weighted by atomic mass is 35.5. The lowest BCUT2D eigenvalue weighted by Gasteiger charge is -2.27. The summed E-state index contributed by atoms with van der Waals surface area (Å²) in [5, 5.41) is 10.4. The Labute approximate surface area is 226 Å².